The van der Waals surface area contributed by atoms with Gasteiger partial charge in [-0.15, -0.1) is 0 Å². The summed E-state index contributed by atoms with van der Waals surface area (Å²) in [5.74, 6) is -1.88. The minimum absolute atomic E-state index is 0.0893. The molecule has 0 heterocycles. The maximum atomic E-state index is 12.0. The minimum atomic E-state index is -0.904. The van der Waals surface area contributed by atoms with Crippen LogP contribution in [0.4, 0.5) is 0 Å². The Kier molecular flexibility index (Phi) is 5.90. The highest BCUT2D eigenvalue weighted by molar-refractivity contribution is 5.83. The lowest BCUT2D eigenvalue weighted by Gasteiger charge is -2.24. The molecule has 0 aliphatic rings. The molecule has 1 aromatic carbocycles. The van der Waals surface area contributed by atoms with E-state index in [0.717, 1.165) is 0 Å². The molecule has 2 atom stereocenters. The van der Waals surface area contributed by atoms with Crippen molar-refractivity contribution in [2.75, 3.05) is 6.54 Å². The number of benzene rings is 1. The Balaban J connectivity index is 2.59. The van der Waals surface area contributed by atoms with E-state index in [2.05, 4.69) is 5.32 Å². The zero-order chi connectivity index (χ0) is 16.0. The van der Waals surface area contributed by atoms with Crippen LogP contribution in [0.2, 0.25) is 0 Å². The van der Waals surface area contributed by atoms with E-state index in [0.29, 0.717) is 12.0 Å². The number of nitrogens with two attached hydrogens (primary N) is 1. The van der Waals surface area contributed by atoms with Crippen molar-refractivity contribution in [3.8, 4) is 0 Å². The van der Waals surface area contributed by atoms with E-state index in [1.807, 2.05) is 39.0 Å². The molecule has 1 aromatic rings. The highest BCUT2D eigenvalue weighted by Crippen LogP contribution is 2.24. The average molecular weight is 292 g/mol. The van der Waals surface area contributed by atoms with Crippen LogP contribution in [0.3, 0.4) is 0 Å². The molecule has 0 fully saturated rings. The number of aliphatic carboxylic acids is 1. The van der Waals surface area contributed by atoms with Crippen LogP contribution in [-0.4, -0.2) is 23.5 Å². The van der Waals surface area contributed by atoms with Crippen LogP contribution in [0.5, 0.6) is 0 Å². The standard InChI is InChI=1S/C16H24N2O3/c1-16(2,3)9-12(15(20)21)10-18-14(19)13(17)11-7-5-4-6-8-11/h4-8,12-13H,9-10,17H2,1-3H3,(H,18,19)(H,20,21). The fraction of sp³-hybridized carbons (Fsp3) is 0.500. The molecule has 0 aromatic heterocycles. The van der Waals surface area contributed by atoms with Crippen LogP contribution in [0, 0.1) is 11.3 Å². The Bertz CT molecular complexity index is 480. The highest BCUT2D eigenvalue weighted by atomic mass is 16.4. The van der Waals surface area contributed by atoms with Crippen LogP contribution < -0.4 is 11.1 Å². The van der Waals surface area contributed by atoms with Gasteiger partial charge in [0.2, 0.25) is 5.91 Å². The Hall–Kier alpha value is -1.88. The van der Waals surface area contributed by atoms with E-state index >= 15 is 0 Å². The van der Waals surface area contributed by atoms with Gasteiger partial charge in [0.15, 0.2) is 0 Å². The van der Waals surface area contributed by atoms with Crippen LogP contribution in [0.25, 0.3) is 0 Å². The third-order valence-corrected chi connectivity index (χ3v) is 3.17. The zero-order valence-corrected chi connectivity index (χ0v) is 12.8. The Morgan fingerprint density at radius 2 is 1.81 bits per heavy atom. The number of carboxylic acids is 1. The van der Waals surface area contributed by atoms with Crippen molar-refractivity contribution in [3.05, 3.63) is 35.9 Å². The van der Waals surface area contributed by atoms with Crippen LogP contribution in [0.15, 0.2) is 30.3 Å². The maximum absolute atomic E-state index is 12.0. The van der Waals surface area contributed by atoms with Gasteiger partial charge < -0.3 is 16.2 Å². The number of rotatable bonds is 6. The number of carboxylic acid groups (broad SMARTS) is 1. The lowest BCUT2D eigenvalue weighted by molar-refractivity contribution is -0.142. The molecule has 116 valence electrons. The molecule has 0 saturated heterocycles. The number of carbonyl (C=O) groups is 2. The summed E-state index contributed by atoms with van der Waals surface area (Å²) in [6, 6.07) is 8.22. The van der Waals surface area contributed by atoms with Crippen molar-refractivity contribution >= 4 is 11.9 Å². The summed E-state index contributed by atoms with van der Waals surface area (Å²) >= 11 is 0. The molecule has 1 rings (SSSR count). The van der Waals surface area contributed by atoms with Gasteiger partial charge in [0, 0.05) is 6.54 Å². The zero-order valence-electron chi connectivity index (χ0n) is 12.8. The maximum Gasteiger partial charge on any atom is 0.308 e. The SMILES string of the molecule is CC(C)(C)CC(CNC(=O)C(N)c1ccccc1)C(=O)O. The Morgan fingerprint density at radius 1 is 1.24 bits per heavy atom. The van der Waals surface area contributed by atoms with Crippen molar-refractivity contribution in [1.29, 1.82) is 0 Å². The lowest BCUT2D eigenvalue weighted by Crippen LogP contribution is -2.39. The Morgan fingerprint density at radius 3 is 2.29 bits per heavy atom. The topological polar surface area (TPSA) is 92.4 Å². The van der Waals surface area contributed by atoms with Gasteiger partial charge in [0.05, 0.1) is 5.92 Å². The van der Waals surface area contributed by atoms with Gasteiger partial charge in [-0.25, -0.2) is 0 Å². The molecular weight excluding hydrogens is 268 g/mol. The molecular formula is C16H24N2O3. The molecule has 21 heavy (non-hydrogen) atoms. The van der Waals surface area contributed by atoms with Crippen molar-refractivity contribution in [2.45, 2.75) is 33.2 Å². The van der Waals surface area contributed by atoms with Gasteiger partial charge in [-0.3, -0.25) is 9.59 Å². The summed E-state index contributed by atoms with van der Waals surface area (Å²) in [5.41, 5.74) is 6.46. The molecule has 0 saturated carbocycles. The lowest BCUT2D eigenvalue weighted by atomic mass is 9.84. The molecule has 1 amide bonds. The molecule has 4 N–H and O–H groups in total. The first-order valence-corrected chi connectivity index (χ1v) is 7.02. The molecule has 5 nitrogen and oxygen atoms in total. The predicted molar refractivity (Wildman–Crippen MR) is 81.6 cm³/mol. The number of hydrogen-bond donors (Lipinski definition) is 3. The van der Waals surface area contributed by atoms with E-state index in [4.69, 9.17) is 5.73 Å². The van der Waals surface area contributed by atoms with E-state index in [9.17, 15) is 14.7 Å². The Labute approximate surface area is 125 Å². The molecule has 0 radical (unpaired) electrons. The number of hydrogen-bond acceptors (Lipinski definition) is 3. The molecule has 0 spiro atoms. The van der Waals surface area contributed by atoms with Crippen molar-refractivity contribution in [3.63, 3.8) is 0 Å². The van der Waals surface area contributed by atoms with Gasteiger partial charge in [-0.05, 0) is 17.4 Å². The third-order valence-electron chi connectivity index (χ3n) is 3.17. The quantitative estimate of drug-likeness (QED) is 0.747. The van der Waals surface area contributed by atoms with Crippen LogP contribution in [0.1, 0.15) is 38.8 Å². The van der Waals surface area contributed by atoms with Gasteiger partial charge in [-0.2, -0.15) is 0 Å². The largest absolute Gasteiger partial charge is 0.481 e. The highest BCUT2D eigenvalue weighted by Gasteiger charge is 2.26. The van der Waals surface area contributed by atoms with Crippen molar-refractivity contribution in [1.82, 2.24) is 5.32 Å². The van der Waals surface area contributed by atoms with Gasteiger partial charge in [0.25, 0.3) is 0 Å². The van der Waals surface area contributed by atoms with Crippen LogP contribution >= 0.6 is 0 Å². The second-order valence-electron chi connectivity index (χ2n) is 6.43. The first-order chi connectivity index (χ1) is 9.70. The molecule has 2 unspecified atom stereocenters. The third kappa shape index (κ3) is 5.95. The molecule has 0 aliphatic carbocycles. The first kappa shape index (κ1) is 17.2. The van der Waals surface area contributed by atoms with E-state index in [1.54, 1.807) is 12.1 Å². The minimum Gasteiger partial charge on any atom is -0.481 e. The number of carbonyl (C=O) groups excluding carboxylic acids is 1. The molecule has 5 heteroatoms. The van der Waals surface area contributed by atoms with E-state index < -0.39 is 17.9 Å². The smallest absolute Gasteiger partial charge is 0.308 e. The van der Waals surface area contributed by atoms with Gasteiger partial charge in [0.1, 0.15) is 6.04 Å². The molecule has 0 aliphatic heterocycles. The summed E-state index contributed by atoms with van der Waals surface area (Å²) in [4.78, 5) is 23.3. The van der Waals surface area contributed by atoms with E-state index in [1.165, 1.54) is 0 Å². The number of amides is 1. The second-order valence-corrected chi connectivity index (χ2v) is 6.43. The van der Waals surface area contributed by atoms with Crippen molar-refractivity contribution < 1.29 is 14.7 Å². The number of nitrogens with one attached hydrogen (secondary N) is 1. The fourth-order valence-electron chi connectivity index (χ4n) is 2.13. The average Bonchev–Trinajstić information content (AvgIpc) is 2.41. The van der Waals surface area contributed by atoms with Crippen LogP contribution in [-0.2, 0) is 9.59 Å². The predicted octanol–water partition coefficient (Wildman–Crippen LogP) is 1.94. The fourth-order valence-corrected chi connectivity index (χ4v) is 2.13. The summed E-state index contributed by atoms with van der Waals surface area (Å²) in [5, 5.41) is 11.9. The van der Waals surface area contributed by atoms with Crippen molar-refractivity contribution in [2.24, 2.45) is 17.1 Å². The van der Waals surface area contributed by atoms with E-state index in [-0.39, 0.29) is 17.9 Å². The normalized spacial score (nSPS) is 14.3. The molecule has 0 bridgehead atoms. The summed E-state index contributed by atoms with van der Waals surface area (Å²) in [6.07, 6.45) is 0.489. The summed E-state index contributed by atoms with van der Waals surface area (Å²) < 4.78 is 0. The second kappa shape index (κ2) is 7.22. The summed E-state index contributed by atoms with van der Waals surface area (Å²) in [6.45, 7) is 6.01. The van der Waals surface area contributed by atoms with Gasteiger partial charge >= 0.3 is 5.97 Å². The van der Waals surface area contributed by atoms with Gasteiger partial charge in [-0.1, -0.05) is 51.1 Å². The first-order valence-electron chi connectivity index (χ1n) is 7.02. The monoisotopic (exact) mass is 292 g/mol. The summed E-state index contributed by atoms with van der Waals surface area (Å²) in [7, 11) is 0.